The fourth-order valence-corrected chi connectivity index (χ4v) is 8.25. The zero-order valence-electron chi connectivity index (χ0n) is 10.1. The minimum Gasteiger partial charge on any atom is -0.107 e. The monoisotopic (exact) mass is 325 g/mol. The molecule has 0 aliphatic rings. The van der Waals surface area contributed by atoms with E-state index in [0.717, 1.165) is 16.0 Å². The molecule has 0 radical (unpaired) electrons. The van der Waals surface area contributed by atoms with Crippen molar-refractivity contribution in [1.29, 1.82) is 0 Å². The van der Waals surface area contributed by atoms with Crippen molar-refractivity contribution in [3.05, 3.63) is 0 Å². The SMILES string of the molecule is CC#CCC[P+](C)(C)C(CC)[C@@H](C)I. The Morgan fingerprint density at radius 2 is 1.93 bits per heavy atom. The molecule has 1 unspecified atom stereocenters. The van der Waals surface area contributed by atoms with Crippen molar-refractivity contribution in [3.8, 4) is 11.8 Å². The van der Waals surface area contributed by atoms with Crippen LogP contribution < -0.4 is 0 Å². The Bertz CT molecular complexity index is 210. The van der Waals surface area contributed by atoms with Gasteiger partial charge in [-0.1, -0.05) is 35.4 Å². The van der Waals surface area contributed by atoms with Gasteiger partial charge in [0.2, 0.25) is 0 Å². The summed E-state index contributed by atoms with van der Waals surface area (Å²) in [5.41, 5.74) is 0.918. The second kappa shape index (κ2) is 7.07. The van der Waals surface area contributed by atoms with E-state index in [2.05, 4.69) is 61.6 Å². The van der Waals surface area contributed by atoms with Gasteiger partial charge in [-0.2, -0.15) is 0 Å². The highest BCUT2D eigenvalue weighted by molar-refractivity contribution is 14.1. The highest BCUT2D eigenvalue weighted by atomic mass is 127. The van der Waals surface area contributed by atoms with Gasteiger partial charge in [0.1, 0.15) is 0 Å². The third-order valence-corrected chi connectivity index (χ3v) is 8.26. The van der Waals surface area contributed by atoms with Crippen molar-refractivity contribution >= 4 is 29.9 Å². The molecule has 14 heavy (non-hydrogen) atoms. The van der Waals surface area contributed by atoms with Gasteiger partial charge in [0.25, 0.3) is 0 Å². The summed E-state index contributed by atoms with van der Waals surface area (Å²) in [5.74, 6) is 6.19. The maximum atomic E-state index is 3.20. The molecule has 0 aromatic rings. The molecule has 0 aromatic carbocycles. The van der Waals surface area contributed by atoms with Crippen molar-refractivity contribution in [2.75, 3.05) is 19.5 Å². The zero-order valence-corrected chi connectivity index (χ0v) is 13.2. The van der Waals surface area contributed by atoms with Gasteiger partial charge in [-0.25, -0.2) is 0 Å². The molecular weight excluding hydrogens is 302 g/mol. The lowest BCUT2D eigenvalue weighted by Crippen LogP contribution is -2.22. The molecule has 2 heteroatoms. The lowest BCUT2D eigenvalue weighted by atomic mass is 10.3. The summed E-state index contributed by atoms with van der Waals surface area (Å²) >= 11 is 2.58. The Labute approximate surface area is 104 Å². The van der Waals surface area contributed by atoms with E-state index in [1.54, 1.807) is 0 Å². The van der Waals surface area contributed by atoms with Gasteiger partial charge in [0.15, 0.2) is 0 Å². The zero-order chi connectivity index (χ0) is 11.2. The average molecular weight is 325 g/mol. The van der Waals surface area contributed by atoms with Crippen LogP contribution in [-0.2, 0) is 0 Å². The first kappa shape index (κ1) is 14.7. The molecule has 82 valence electrons. The van der Waals surface area contributed by atoms with Crippen LogP contribution in [0, 0.1) is 11.8 Å². The van der Waals surface area contributed by atoms with Crippen molar-refractivity contribution in [1.82, 2.24) is 0 Å². The van der Waals surface area contributed by atoms with Crippen molar-refractivity contribution < 1.29 is 0 Å². The number of halogens is 1. The Morgan fingerprint density at radius 1 is 1.36 bits per heavy atom. The summed E-state index contributed by atoms with van der Waals surface area (Å²) in [6, 6.07) is 0. The molecule has 0 heterocycles. The quantitative estimate of drug-likeness (QED) is 0.306. The maximum absolute atomic E-state index is 3.20. The molecule has 0 rings (SSSR count). The first-order chi connectivity index (χ1) is 6.45. The molecule has 2 atom stereocenters. The number of hydrogen-bond donors (Lipinski definition) is 0. The molecule has 0 N–H and O–H groups in total. The highest BCUT2D eigenvalue weighted by Gasteiger charge is 2.36. The van der Waals surface area contributed by atoms with Gasteiger partial charge in [0.05, 0.1) is 11.8 Å². The largest absolute Gasteiger partial charge is 0.107 e. The molecule has 0 saturated carbocycles. The minimum atomic E-state index is -0.749. The maximum Gasteiger partial charge on any atom is 0.0804 e. The van der Waals surface area contributed by atoms with E-state index in [0.29, 0.717) is 0 Å². The smallest absolute Gasteiger partial charge is 0.0804 e. The normalized spacial score (nSPS) is 15.6. The third kappa shape index (κ3) is 4.99. The Balaban J connectivity index is 4.30. The van der Waals surface area contributed by atoms with Gasteiger partial charge >= 0.3 is 0 Å². The molecule has 0 amide bonds. The fourth-order valence-electron chi connectivity index (χ4n) is 2.01. The lowest BCUT2D eigenvalue weighted by Gasteiger charge is -2.29. The molecular formula is C12H23IP+. The van der Waals surface area contributed by atoms with Crippen LogP contribution in [0.4, 0.5) is 0 Å². The van der Waals surface area contributed by atoms with Crippen LogP contribution in [-0.4, -0.2) is 29.1 Å². The van der Waals surface area contributed by atoms with E-state index in [-0.39, 0.29) is 0 Å². The van der Waals surface area contributed by atoms with Crippen LogP contribution in [0.25, 0.3) is 0 Å². The van der Waals surface area contributed by atoms with Crippen molar-refractivity contribution in [3.63, 3.8) is 0 Å². The molecule has 0 nitrogen and oxygen atoms in total. The van der Waals surface area contributed by atoms with Gasteiger partial charge in [-0.3, -0.25) is 0 Å². The fraction of sp³-hybridized carbons (Fsp3) is 0.833. The van der Waals surface area contributed by atoms with Crippen LogP contribution >= 0.6 is 29.9 Å². The summed E-state index contributed by atoms with van der Waals surface area (Å²) in [6.07, 6.45) is 3.75. The van der Waals surface area contributed by atoms with Gasteiger partial charge in [0, 0.05) is 30.9 Å². The van der Waals surface area contributed by atoms with E-state index in [1.165, 1.54) is 12.6 Å². The van der Waals surface area contributed by atoms with E-state index in [9.17, 15) is 0 Å². The van der Waals surface area contributed by atoms with E-state index < -0.39 is 7.26 Å². The van der Waals surface area contributed by atoms with E-state index >= 15 is 0 Å². The molecule has 0 bridgehead atoms. The van der Waals surface area contributed by atoms with Gasteiger partial charge < -0.3 is 0 Å². The number of hydrogen-bond acceptors (Lipinski definition) is 0. The molecule has 0 spiro atoms. The van der Waals surface area contributed by atoms with Gasteiger partial charge in [-0.05, 0) is 20.3 Å². The number of rotatable bonds is 5. The highest BCUT2D eigenvalue weighted by Crippen LogP contribution is 2.59. The summed E-state index contributed by atoms with van der Waals surface area (Å²) in [4.78, 5) is 0. The van der Waals surface area contributed by atoms with Crippen LogP contribution in [0.1, 0.15) is 33.6 Å². The van der Waals surface area contributed by atoms with Gasteiger partial charge in [-0.15, -0.1) is 5.92 Å². The summed E-state index contributed by atoms with van der Waals surface area (Å²) in [5, 5.41) is 0. The van der Waals surface area contributed by atoms with E-state index in [4.69, 9.17) is 0 Å². The predicted octanol–water partition coefficient (Wildman–Crippen LogP) is 4.28. The predicted molar refractivity (Wildman–Crippen MR) is 79.3 cm³/mol. The first-order valence-electron chi connectivity index (χ1n) is 5.32. The molecule has 0 saturated heterocycles. The summed E-state index contributed by atoms with van der Waals surface area (Å²) < 4.78 is 0.801. The molecule has 0 aromatic heterocycles. The van der Waals surface area contributed by atoms with Crippen LogP contribution in [0.5, 0.6) is 0 Å². The second-order valence-corrected chi connectivity index (χ2v) is 11.0. The molecule has 0 fully saturated rings. The van der Waals surface area contributed by atoms with Crippen LogP contribution in [0.2, 0.25) is 0 Å². The average Bonchev–Trinajstić information content (AvgIpc) is 2.04. The summed E-state index contributed by atoms with van der Waals surface area (Å²) in [6.45, 7) is 11.6. The minimum absolute atomic E-state index is 0.749. The van der Waals surface area contributed by atoms with Crippen molar-refractivity contribution in [2.45, 2.75) is 43.2 Å². The second-order valence-electron chi connectivity index (χ2n) is 4.33. The first-order valence-corrected chi connectivity index (χ1v) is 9.50. The molecule has 0 aliphatic carbocycles. The third-order valence-electron chi connectivity index (χ3n) is 2.84. The Hall–Kier alpha value is 0.720. The van der Waals surface area contributed by atoms with E-state index in [1.807, 2.05) is 6.92 Å². The topological polar surface area (TPSA) is 0 Å². The van der Waals surface area contributed by atoms with Crippen molar-refractivity contribution in [2.24, 2.45) is 0 Å². The lowest BCUT2D eigenvalue weighted by molar-refractivity contribution is 0.805. The Morgan fingerprint density at radius 3 is 2.29 bits per heavy atom. The summed E-state index contributed by atoms with van der Waals surface area (Å²) in [7, 11) is -0.749. The van der Waals surface area contributed by atoms with Crippen LogP contribution in [0.3, 0.4) is 0 Å². The molecule has 0 aliphatic heterocycles. The number of alkyl halides is 1. The Kier molecular flexibility index (Phi) is 7.43. The standard InChI is InChI=1S/C12H23IP/c1-6-8-9-10-14(4,5)12(7-2)11(3)13/h11-12H,7,9-10H2,1-5H3/q+1/t11-,12?/m1/s1. The van der Waals surface area contributed by atoms with Crippen LogP contribution in [0.15, 0.2) is 0 Å².